The molecule has 2 aromatic heterocycles. The minimum absolute atomic E-state index is 0.825. The van der Waals surface area contributed by atoms with E-state index in [-0.39, 0.29) is 0 Å². The van der Waals surface area contributed by atoms with Crippen molar-refractivity contribution >= 4 is 0 Å². The molecular weight excluding hydrogens is 180 g/mol. The molecule has 0 unspecified atom stereocenters. The lowest BCUT2D eigenvalue weighted by Crippen LogP contribution is -2.19. The molecule has 0 spiro atoms. The lowest BCUT2D eigenvalue weighted by molar-refractivity contribution is 0.542. The summed E-state index contributed by atoms with van der Waals surface area (Å²) in [5.41, 5.74) is 1.16. The van der Waals surface area contributed by atoms with Crippen LogP contribution in [0, 0.1) is 0 Å². The van der Waals surface area contributed by atoms with Gasteiger partial charge in [0.1, 0.15) is 12.7 Å². The molecule has 5 heteroatoms. The van der Waals surface area contributed by atoms with Gasteiger partial charge in [0.2, 0.25) is 0 Å². The zero-order valence-electron chi connectivity index (χ0n) is 7.76. The first-order valence-electron chi connectivity index (χ1n) is 4.49. The molecule has 74 valence electrons. The minimum Gasteiger partial charge on any atom is -0.472 e. The number of nitrogens with zero attached hydrogens (tertiary/aromatic N) is 3. The molecule has 0 saturated carbocycles. The van der Waals surface area contributed by atoms with E-state index in [1.807, 2.05) is 6.07 Å². The summed E-state index contributed by atoms with van der Waals surface area (Å²) in [5.74, 6) is 0. The molecule has 0 aliphatic heterocycles. The zero-order chi connectivity index (χ0) is 9.64. The van der Waals surface area contributed by atoms with Gasteiger partial charge < -0.3 is 9.73 Å². The average molecular weight is 192 g/mol. The fourth-order valence-corrected chi connectivity index (χ4v) is 1.17. The fraction of sp³-hybridized carbons (Fsp3) is 0.333. The van der Waals surface area contributed by atoms with Gasteiger partial charge in [-0.15, -0.1) is 0 Å². The third-order valence-electron chi connectivity index (χ3n) is 1.89. The van der Waals surface area contributed by atoms with Crippen LogP contribution in [0.1, 0.15) is 5.56 Å². The SMILES string of the molecule is c1ncn(CCNCc2ccoc2)n1. The van der Waals surface area contributed by atoms with Crippen molar-refractivity contribution in [1.29, 1.82) is 0 Å². The molecule has 0 aliphatic rings. The topological polar surface area (TPSA) is 55.9 Å². The van der Waals surface area contributed by atoms with Crippen molar-refractivity contribution in [2.24, 2.45) is 0 Å². The summed E-state index contributed by atoms with van der Waals surface area (Å²) in [6.07, 6.45) is 6.66. The molecule has 5 nitrogen and oxygen atoms in total. The average Bonchev–Trinajstić information content (AvgIpc) is 2.86. The molecule has 0 radical (unpaired) electrons. The summed E-state index contributed by atoms with van der Waals surface area (Å²) in [7, 11) is 0. The van der Waals surface area contributed by atoms with Crippen molar-refractivity contribution in [2.45, 2.75) is 13.1 Å². The van der Waals surface area contributed by atoms with E-state index in [1.165, 1.54) is 6.33 Å². The van der Waals surface area contributed by atoms with Crippen LogP contribution in [-0.4, -0.2) is 21.3 Å². The van der Waals surface area contributed by atoms with Crippen LogP contribution in [0.3, 0.4) is 0 Å². The molecule has 14 heavy (non-hydrogen) atoms. The maximum Gasteiger partial charge on any atom is 0.137 e. The summed E-state index contributed by atoms with van der Waals surface area (Å²) < 4.78 is 6.74. The van der Waals surface area contributed by atoms with Gasteiger partial charge in [0.25, 0.3) is 0 Å². The van der Waals surface area contributed by atoms with E-state index in [0.29, 0.717) is 0 Å². The van der Waals surface area contributed by atoms with Gasteiger partial charge in [0, 0.05) is 18.7 Å². The number of hydrogen-bond acceptors (Lipinski definition) is 4. The lowest BCUT2D eigenvalue weighted by Gasteiger charge is -2.02. The minimum atomic E-state index is 0.825. The Labute approximate surface area is 81.8 Å². The van der Waals surface area contributed by atoms with Gasteiger partial charge in [-0.25, -0.2) is 4.98 Å². The van der Waals surface area contributed by atoms with E-state index >= 15 is 0 Å². The quantitative estimate of drug-likeness (QED) is 0.707. The van der Waals surface area contributed by atoms with E-state index in [4.69, 9.17) is 4.42 Å². The highest BCUT2D eigenvalue weighted by Crippen LogP contribution is 1.97. The van der Waals surface area contributed by atoms with Crippen LogP contribution in [-0.2, 0) is 13.1 Å². The second-order valence-electron chi connectivity index (χ2n) is 2.97. The number of hydrogen-bond donors (Lipinski definition) is 1. The smallest absolute Gasteiger partial charge is 0.137 e. The number of nitrogens with one attached hydrogen (secondary N) is 1. The summed E-state index contributed by atoms with van der Waals surface area (Å²) in [6.45, 7) is 2.53. The second kappa shape index (κ2) is 4.57. The molecule has 2 aromatic rings. The first-order valence-corrected chi connectivity index (χ1v) is 4.49. The Bertz CT molecular complexity index is 305. The Morgan fingerprint density at radius 2 is 2.50 bits per heavy atom. The molecule has 0 aromatic carbocycles. The Kier molecular flexibility index (Phi) is 2.92. The molecule has 2 heterocycles. The van der Waals surface area contributed by atoms with Gasteiger partial charge in [-0.2, -0.15) is 5.10 Å². The largest absolute Gasteiger partial charge is 0.472 e. The predicted molar refractivity (Wildman–Crippen MR) is 50.4 cm³/mol. The predicted octanol–water partition coefficient (Wildman–Crippen LogP) is 0.661. The van der Waals surface area contributed by atoms with Gasteiger partial charge >= 0.3 is 0 Å². The third kappa shape index (κ3) is 2.43. The number of rotatable bonds is 5. The first-order chi connectivity index (χ1) is 6.95. The van der Waals surface area contributed by atoms with Gasteiger partial charge in [-0.3, -0.25) is 4.68 Å². The third-order valence-corrected chi connectivity index (χ3v) is 1.89. The van der Waals surface area contributed by atoms with E-state index in [2.05, 4.69) is 15.4 Å². The van der Waals surface area contributed by atoms with Gasteiger partial charge in [0.15, 0.2) is 0 Å². The molecule has 2 rings (SSSR count). The van der Waals surface area contributed by atoms with Crippen LogP contribution in [0.5, 0.6) is 0 Å². The standard InChI is InChI=1S/C9H12N4O/c1-4-14-6-9(1)5-10-2-3-13-8-11-7-12-13/h1,4,6-8,10H,2-3,5H2. The maximum atomic E-state index is 4.95. The van der Waals surface area contributed by atoms with E-state index < -0.39 is 0 Å². The molecule has 1 N–H and O–H groups in total. The van der Waals surface area contributed by atoms with Crippen LogP contribution in [0.2, 0.25) is 0 Å². The van der Waals surface area contributed by atoms with Crippen LogP contribution >= 0.6 is 0 Å². The summed E-state index contributed by atoms with van der Waals surface area (Å²) in [6, 6.07) is 1.95. The van der Waals surface area contributed by atoms with Gasteiger partial charge in [-0.05, 0) is 6.07 Å². The van der Waals surface area contributed by atoms with Crippen LogP contribution < -0.4 is 5.32 Å². The highest BCUT2D eigenvalue weighted by atomic mass is 16.3. The molecular formula is C9H12N4O. The van der Waals surface area contributed by atoms with Crippen molar-refractivity contribution in [2.75, 3.05) is 6.54 Å². The Morgan fingerprint density at radius 3 is 3.21 bits per heavy atom. The van der Waals surface area contributed by atoms with Gasteiger partial charge in [0.05, 0.1) is 19.1 Å². The lowest BCUT2D eigenvalue weighted by atomic mass is 10.3. The zero-order valence-corrected chi connectivity index (χ0v) is 7.76. The second-order valence-corrected chi connectivity index (χ2v) is 2.97. The highest BCUT2D eigenvalue weighted by Gasteiger charge is 1.94. The monoisotopic (exact) mass is 192 g/mol. The molecule has 0 atom stereocenters. The summed E-state index contributed by atoms with van der Waals surface area (Å²) in [5, 5.41) is 7.28. The van der Waals surface area contributed by atoms with Crippen molar-refractivity contribution in [1.82, 2.24) is 20.1 Å². The van der Waals surface area contributed by atoms with Gasteiger partial charge in [-0.1, -0.05) is 0 Å². The first kappa shape index (κ1) is 8.96. The summed E-state index contributed by atoms with van der Waals surface area (Å²) >= 11 is 0. The number of furan rings is 1. The number of aromatic nitrogens is 3. The maximum absolute atomic E-state index is 4.95. The van der Waals surface area contributed by atoms with Crippen molar-refractivity contribution < 1.29 is 4.42 Å². The highest BCUT2D eigenvalue weighted by molar-refractivity contribution is 5.04. The normalized spacial score (nSPS) is 10.6. The van der Waals surface area contributed by atoms with Crippen molar-refractivity contribution in [3.8, 4) is 0 Å². The molecule has 0 amide bonds. The van der Waals surface area contributed by atoms with Crippen LogP contribution in [0.25, 0.3) is 0 Å². The Balaban J connectivity index is 1.65. The van der Waals surface area contributed by atoms with Crippen molar-refractivity contribution in [3.63, 3.8) is 0 Å². The van der Waals surface area contributed by atoms with Crippen molar-refractivity contribution in [3.05, 3.63) is 36.8 Å². The van der Waals surface area contributed by atoms with E-state index in [0.717, 1.165) is 25.2 Å². The molecule has 0 bridgehead atoms. The molecule has 0 fully saturated rings. The fourth-order valence-electron chi connectivity index (χ4n) is 1.17. The summed E-state index contributed by atoms with van der Waals surface area (Å²) in [4.78, 5) is 3.86. The van der Waals surface area contributed by atoms with E-state index in [1.54, 1.807) is 23.5 Å². The molecule has 0 aliphatic carbocycles. The van der Waals surface area contributed by atoms with Crippen LogP contribution in [0.4, 0.5) is 0 Å². The van der Waals surface area contributed by atoms with Crippen LogP contribution in [0.15, 0.2) is 35.7 Å². The van der Waals surface area contributed by atoms with E-state index in [9.17, 15) is 0 Å². The Hall–Kier alpha value is -1.62. The molecule has 0 saturated heterocycles. The Morgan fingerprint density at radius 1 is 1.50 bits per heavy atom.